The lowest BCUT2D eigenvalue weighted by molar-refractivity contribution is 0.176. The minimum atomic E-state index is 0.0458. The van der Waals surface area contributed by atoms with Crippen LogP contribution in [0.25, 0.3) is 0 Å². The van der Waals surface area contributed by atoms with E-state index >= 15 is 0 Å². The molecule has 1 fully saturated rings. The van der Waals surface area contributed by atoms with Crippen molar-refractivity contribution in [2.75, 3.05) is 31.6 Å². The van der Waals surface area contributed by atoms with E-state index in [1.165, 1.54) is 0 Å². The minimum Gasteiger partial charge on any atom is -0.338 e. The third-order valence-electron chi connectivity index (χ3n) is 4.26. The number of aryl methyl sites for hydroxylation is 3. The van der Waals surface area contributed by atoms with Crippen LogP contribution in [0.5, 0.6) is 0 Å². The maximum atomic E-state index is 5.35. The van der Waals surface area contributed by atoms with E-state index < -0.39 is 0 Å². The van der Waals surface area contributed by atoms with Gasteiger partial charge in [-0.1, -0.05) is 19.0 Å². The Hall–Kier alpha value is -2.09. The smallest absolute Gasteiger partial charge is 0.245 e. The van der Waals surface area contributed by atoms with E-state index in [1.54, 1.807) is 0 Å². The fourth-order valence-electron chi connectivity index (χ4n) is 2.83. The largest absolute Gasteiger partial charge is 0.338 e. The Labute approximate surface area is 135 Å². The predicted octanol–water partition coefficient (Wildman–Crippen LogP) is 1.18. The number of anilines is 1. The maximum absolute atomic E-state index is 5.35. The van der Waals surface area contributed by atoms with Gasteiger partial charge in [-0.2, -0.15) is 10.1 Å². The summed E-state index contributed by atoms with van der Waals surface area (Å²) in [5.74, 6) is 1.99. The lowest BCUT2D eigenvalue weighted by atomic mass is 10.2. The Morgan fingerprint density at radius 1 is 1.09 bits per heavy atom. The summed E-state index contributed by atoms with van der Waals surface area (Å²) in [5, 5.41) is 12.6. The molecule has 3 rings (SSSR count). The number of likely N-dealkylation sites (N-methyl/N-ethyl adjacent to an activating group) is 1. The second-order valence-corrected chi connectivity index (χ2v) is 5.83. The Kier molecular flexibility index (Phi) is 4.51. The van der Waals surface area contributed by atoms with Gasteiger partial charge in [-0.15, -0.1) is 5.10 Å². The first kappa shape index (κ1) is 15.8. The first-order chi connectivity index (χ1) is 11.1. The van der Waals surface area contributed by atoms with Gasteiger partial charge in [0.25, 0.3) is 0 Å². The van der Waals surface area contributed by atoms with E-state index in [4.69, 9.17) is 9.51 Å². The fraction of sp³-hybridized carbons (Fsp3) is 0.667. The first-order valence-corrected chi connectivity index (χ1v) is 8.10. The van der Waals surface area contributed by atoms with Crippen molar-refractivity contribution in [1.82, 2.24) is 30.2 Å². The summed E-state index contributed by atoms with van der Waals surface area (Å²) in [6.45, 7) is 8.46. The number of hydrogen-bond acceptors (Lipinski definition) is 8. The molecule has 1 aliphatic rings. The van der Waals surface area contributed by atoms with Gasteiger partial charge < -0.3 is 9.42 Å². The van der Waals surface area contributed by atoms with Crippen molar-refractivity contribution in [1.29, 1.82) is 0 Å². The first-order valence-electron chi connectivity index (χ1n) is 8.10. The van der Waals surface area contributed by atoms with Crippen LogP contribution in [0.15, 0.2) is 4.52 Å². The minimum absolute atomic E-state index is 0.0458. The quantitative estimate of drug-likeness (QED) is 0.831. The Morgan fingerprint density at radius 3 is 2.52 bits per heavy atom. The summed E-state index contributed by atoms with van der Waals surface area (Å²) in [6, 6.07) is 0.0458. The second kappa shape index (κ2) is 6.57. The van der Waals surface area contributed by atoms with Crippen LogP contribution in [0, 0.1) is 6.92 Å². The van der Waals surface area contributed by atoms with Crippen LogP contribution < -0.4 is 4.90 Å². The molecule has 0 radical (unpaired) electrons. The number of hydrogen-bond donors (Lipinski definition) is 0. The van der Waals surface area contributed by atoms with Crippen molar-refractivity contribution in [3.8, 4) is 0 Å². The Bertz CT molecular complexity index is 672. The lowest BCUT2D eigenvalue weighted by Crippen LogP contribution is -2.47. The van der Waals surface area contributed by atoms with Crippen molar-refractivity contribution in [2.24, 2.45) is 0 Å². The highest BCUT2D eigenvalue weighted by atomic mass is 16.5. The SMILES string of the molecule is CCc1nnc(N2CCN(C)C(c3nc(C)no3)C2)nc1CC. The monoisotopic (exact) mass is 317 g/mol. The van der Waals surface area contributed by atoms with Crippen LogP contribution in [0.2, 0.25) is 0 Å². The molecule has 1 aliphatic heterocycles. The number of piperazine rings is 1. The van der Waals surface area contributed by atoms with Gasteiger partial charge in [-0.25, -0.2) is 4.98 Å². The van der Waals surface area contributed by atoms with Crippen LogP contribution in [-0.2, 0) is 12.8 Å². The highest BCUT2D eigenvalue weighted by Gasteiger charge is 2.31. The van der Waals surface area contributed by atoms with Crippen LogP contribution >= 0.6 is 0 Å². The lowest BCUT2D eigenvalue weighted by Gasteiger charge is -2.37. The molecule has 0 amide bonds. The molecule has 1 unspecified atom stereocenters. The molecule has 8 nitrogen and oxygen atoms in total. The zero-order chi connectivity index (χ0) is 16.4. The standard InChI is InChI=1S/C15H23N7O/c1-5-11-12(6-2)18-19-15(17-11)22-8-7-21(4)13(9-22)14-16-10(3)20-23-14/h13H,5-9H2,1-4H3. The van der Waals surface area contributed by atoms with Crippen LogP contribution in [0.4, 0.5) is 5.95 Å². The third-order valence-corrected chi connectivity index (χ3v) is 4.26. The topological polar surface area (TPSA) is 84.1 Å². The average molecular weight is 317 g/mol. The molecule has 0 spiro atoms. The van der Waals surface area contributed by atoms with E-state index in [-0.39, 0.29) is 6.04 Å². The molecule has 23 heavy (non-hydrogen) atoms. The molecule has 2 aromatic rings. The van der Waals surface area contributed by atoms with Crippen LogP contribution in [0.3, 0.4) is 0 Å². The predicted molar refractivity (Wildman–Crippen MR) is 85.2 cm³/mol. The van der Waals surface area contributed by atoms with Gasteiger partial charge in [-0.3, -0.25) is 4.90 Å². The Balaban J connectivity index is 1.83. The molecule has 0 saturated carbocycles. The Morgan fingerprint density at radius 2 is 1.87 bits per heavy atom. The molecule has 2 aromatic heterocycles. The highest BCUT2D eigenvalue weighted by molar-refractivity contribution is 5.32. The average Bonchev–Trinajstić information content (AvgIpc) is 3.01. The van der Waals surface area contributed by atoms with Gasteiger partial charge in [0.2, 0.25) is 11.8 Å². The van der Waals surface area contributed by atoms with E-state index in [2.05, 4.69) is 51.0 Å². The van der Waals surface area contributed by atoms with Gasteiger partial charge in [0.15, 0.2) is 5.82 Å². The van der Waals surface area contributed by atoms with Crippen molar-refractivity contribution in [2.45, 2.75) is 39.7 Å². The molecule has 0 N–H and O–H groups in total. The molecule has 1 saturated heterocycles. The van der Waals surface area contributed by atoms with Gasteiger partial charge in [0.05, 0.1) is 11.4 Å². The molecular weight excluding hydrogens is 294 g/mol. The molecule has 3 heterocycles. The molecule has 0 aromatic carbocycles. The molecule has 1 atom stereocenters. The summed E-state index contributed by atoms with van der Waals surface area (Å²) in [5.41, 5.74) is 2.01. The number of nitrogens with zero attached hydrogens (tertiary/aromatic N) is 7. The van der Waals surface area contributed by atoms with Crippen molar-refractivity contribution < 1.29 is 4.52 Å². The molecule has 0 bridgehead atoms. The summed E-state index contributed by atoms with van der Waals surface area (Å²) in [7, 11) is 2.07. The van der Waals surface area contributed by atoms with Crippen LogP contribution in [0.1, 0.15) is 43.0 Å². The summed E-state index contributed by atoms with van der Waals surface area (Å²) in [6.07, 6.45) is 1.72. The molecule has 124 valence electrons. The zero-order valence-electron chi connectivity index (χ0n) is 14.2. The molecular formula is C15H23N7O. The van der Waals surface area contributed by atoms with Gasteiger partial charge in [-0.05, 0) is 26.8 Å². The molecule has 8 heteroatoms. The number of aromatic nitrogens is 5. The van der Waals surface area contributed by atoms with E-state index in [9.17, 15) is 0 Å². The highest BCUT2D eigenvalue weighted by Crippen LogP contribution is 2.25. The fourth-order valence-corrected chi connectivity index (χ4v) is 2.83. The summed E-state index contributed by atoms with van der Waals surface area (Å²) < 4.78 is 5.35. The summed E-state index contributed by atoms with van der Waals surface area (Å²) in [4.78, 5) is 13.5. The zero-order valence-corrected chi connectivity index (χ0v) is 14.2. The third kappa shape index (κ3) is 3.17. The number of rotatable bonds is 4. The maximum Gasteiger partial charge on any atom is 0.245 e. The van der Waals surface area contributed by atoms with E-state index in [0.29, 0.717) is 24.2 Å². The van der Waals surface area contributed by atoms with Gasteiger partial charge in [0, 0.05) is 19.6 Å². The van der Waals surface area contributed by atoms with Crippen molar-refractivity contribution >= 4 is 5.95 Å². The van der Waals surface area contributed by atoms with Crippen LogP contribution in [-0.4, -0.2) is 56.9 Å². The van der Waals surface area contributed by atoms with Gasteiger partial charge >= 0.3 is 0 Å². The second-order valence-electron chi connectivity index (χ2n) is 5.83. The molecule has 0 aliphatic carbocycles. The van der Waals surface area contributed by atoms with E-state index in [0.717, 1.165) is 37.3 Å². The summed E-state index contributed by atoms with van der Waals surface area (Å²) >= 11 is 0. The van der Waals surface area contributed by atoms with E-state index in [1.807, 2.05) is 6.92 Å². The van der Waals surface area contributed by atoms with Crippen molar-refractivity contribution in [3.05, 3.63) is 23.1 Å². The normalized spacial score (nSPS) is 19.3. The van der Waals surface area contributed by atoms with Crippen molar-refractivity contribution in [3.63, 3.8) is 0 Å². The van der Waals surface area contributed by atoms with Gasteiger partial charge in [0.1, 0.15) is 6.04 Å².